The number of hydrogen-bond donors (Lipinski definition) is 3. The molecule has 3 fully saturated rings. The Hall–Kier alpha value is -2.03. The summed E-state index contributed by atoms with van der Waals surface area (Å²) in [4.78, 5) is 31.8. The van der Waals surface area contributed by atoms with Gasteiger partial charge in [0.25, 0.3) is 11.8 Å². The van der Waals surface area contributed by atoms with Gasteiger partial charge >= 0.3 is 0 Å². The van der Waals surface area contributed by atoms with E-state index in [-0.39, 0.29) is 17.9 Å². The molecule has 2 bridgehead atoms. The summed E-state index contributed by atoms with van der Waals surface area (Å²) in [6, 6.07) is 2.87. The second kappa shape index (κ2) is 6.85. The molecule has 2 amide bonds. The van der Waals surface area contributed by atoms with Crippen molar-refractivity contribution < 1.29 is 9.59 Å². The van der Waals surface area contributed by atoms with Crippen molar-refractivity contribution in [1.82, 2.24) is 25.8 Å². The molecule has 0 spiro atoms. The number of hydrogen-bond acceptors (Lipinski definition) is 6. The summed E-state index contributed by atoms with van der Waals surface area (Å²) in [7, 11) is 0. The molecule has 8 heteroatoms. The van der Waals surface area contributed by atoms with Crippen molar-refractivity contribution in [3.63, 3.8) is 0 Å². The quantitative estimate of drug-likeness (QED) is 0.733. The van der Waals surface area contributed by atoms with Crippen LogP contribution >= 0.6 is 11.3 Å². The van der Waals surface area contributed by atoms with Crippen molar-refractivity contribution in [2.45, 2.75) is 37.4 Å². The number of aromatic nitrogens is 1. The molecule has 0 aromatic carbocycles. The van der Waals surface area contributed by atoms with E-state index in [0.717, 1.165) is 36.0 Å². The van der Waals surface area contributed by atoms with E-state index in [1.54, 1.807) is 12.3 Å². The highest BCUT2D eigenvalue weighted by Crippen LogP contribution is 2.29. The highest BCUT2D eigenvalue weighted by Gasteiger charge is 2.39. The average Bonchev–Trinajstić information content (AvgIpc) is 3.43. The van der Waals surface area contributed by atoms with Crippen LogP contribution < -0.4 is 16.0 Å². The van der Waals surface area contributed by atoms with E-state index in [0.29, 0.717) is 36.4 Å². The normalized spacial score (nSPS) is 27.3. The van der Waals surface area contributed by atoms with Crippen LogP contribution in [0.4, 0.5) is 0 Å². The first-order chi connectivity index (χ1) is 13.2. The Kier molecular flexibility index (Phi) is 4.34. The Labute approximate surface area is 161 Å². The molecule has 0 unspecified atom stereocenters. The number of fused-ring (bicyclic) bond motifs is 3. The van der Waals surface area contributed by atoms with E-state index in [4.69, 9.17) is 0 Å². The summed E-state index contributed by atoms with van der Waals surface area (Å²) < 4.78 is 0.937. The second-order valence-electron chi connectivity index (χ2n) is 7.62. The lowest BCUT2D eigenvalue weighted by Crippen LogP contribution is -2.46. The predicted octanol–water partition coefficient (Wildman–Crippen LogP) is 0.964. The molecule has 7 nitrogen and oxygen atoms in total. The van der Waals surface area contributed by atoms with Gasteiger partial charge in [-0.15, -0.1) is 11.3 Å². The molecule has 3 aliphatic heterocycles. The van der Waals surface area contributed by atoms with Gasteiger partial charge in [-0.05, 0) is 25.3 Å². The van der Waals surface area contributed by atoms with Gasteiger partial charge in [0.2, 0.25) is 0 Å². The molecule has 5 rings (SSSR count). The monoisotopic (exact) mass is 385 g/mol. The van der Waals surface area contributed by atoms with Gasteiger partial charge in [0, 0.05) is 61.3 Å². The number of amides is 2. The Balaban J connectivity index is 1.37. The first kappa shape index (κ1) is 17.1. The number of nitrogens with one attached hydrogen (secondary N) is 3. The molecule has 0 saturated carbocycles. The Morgan fingerprint density at radius 3 is 2.85 bits per heavy atom. The lowest BCUT2D eigenvalue weighted by molar-refractivity contribution is 0.0738. The third-order valence-corrected chi connectivity index (χ3v) is 6.88. The van der Waals surface area contributed by atoms with Crippen LogP contribution in [0.15, 0.2) is 17.6 Å². The van der Waals surface area contributed by atoms with Crippen molar-refractivity contribution in [3.05, 3.63) is 28.9 Å². The standard InChI is InChI=1S/C19H23N5O2S/c25-18(23-15-7-11-1-2-14(15)22-11)16-8-12-13(10-27-17(12)9-21-16)19(26)24-5-3-20-4-6-24/h8-11,14-15,20,22H,1-7H2,(H,23,25)/t11-,14+,15-/m1/s1. The van der Waals surface area contributed by atoms with Gasteiger partial charge in [-0.25, -0.2) is 4.98 Å². The van der Waals surface area contributed by atoms with Crippen molar-refractivity contribution >= 4 is 33.2 Å². The minimum atomic E-state index is -0.150. The fraction of sp³-hybridized carbons (Fsp3) is 0.526. The molecular formula is C19H23N5O2S. The van der Waals surface area contributed by atoms with Crippen LogP contribution in [0.5, 0.6) is 0 Å². The highest BCUT2D eigenvalue weighted by atomic mass is 32.1. The van der Waals surface area contributed by atoms with Crippen molar-refractivity contribution in [2.24, 2.45) is 0 Å². The maximum absolute atomic E-state index is 12.9. The largest absolute Gasteiger partial charge is 0.346 e. The van der Waals surface area contributed by atoms with Crippen LogP contribution in [0.1, 0.15) is 40.1 Å². The molecule has 3 saturated heterocycles. The van der Waals surface area contributed by atoms with Crippen LogP contribution in [-0.2, 0) is 0 Å². The number of carbonyl (C=O) groups excluding carboxylic acids is 2. The van der Waals surface area contributed by atoms with E-state index in [2.05, 4.69) is 20.9 Å². The topological polar surface area (TPSA) is 86.4 Å². The molecule has 0 radical (unpaired) electrons. The fourth-order valence-electron chi connectivity index (χ4n) is 4.49. The maximum Gasteiger partial charge on any atom is 0.270 e. The van der Waals surface area contributed by atoms with Crippen LogP contribution in [-0.4, -0.2) is 66.0 Å². The zero-order chi connectivity index (χ0) is 18.4. The minimum Gasteiger partial charge on any atom is -0.346 e. The minimum absolute atomic E-state index is 0.0395. The molecule has 2 aromatic heterocycles. The SMILES string of the molecule is O=C(N[C@@H]1C[C@H]2CC[C@@H]1N2)c1cc2c(C(=O)N3CCNCC3)csc2cn1. The smallest absolute Gasteiger partial charge is 0.270 e. The average molecular weight is 385 g/mol. The van der Waals surface area contributed by atoms with Crippen LogP contribution in [0.3, 0.4) is 0 Å². The molecule has 142 valence electrons. The predicted molar refractivity (Wildman–Crippen MR) is 104 cm³/mol. The molecule has 27 heavy (non-hydrogen) atoms. The Bertz CT molecular complexity index is 891. The summed E-state index contributed by atoms with van der Waals surface area (Å²) in [5.74, 6) is -0.111. The lowest BCUT2D eigenvalue weighted by atomic mass is 9.95. The highest BCUT2D eigenvalue weighted by molar-refractivity contribution is 7.17. The van der Waals surface area contributed by atoms with Crippen LogP contribution in [0.25, 0.3) is 10.1 Å². The summed E-state index contributed by atoms with van der Waals surface area (Å²) >= 11 is 1.50. The third kappa shape index (κ3) is 3.11. The second-order valence-corrected chi connectivity index (χ2v) is 8.53. The maximum atomic E-state index is 12.9. The van der Waals surface area contributed by atoms with Crippen molar-refractivity contribution in [3.8, 4) is 0 Å². The van der Waals surface area contributed by atoms with Gasteiger partial charge in [0.15, 0.2) is 0 Å². The number of carbonyl (C=O) groups is 2. The first-order valence-electron chi connectivity index (χ1n) is 9.63. The first-order valence-corrected chi connectivity index (χ1v) is 10.5. The zero-order valence-corrected chi connectivity index (χ0v) is 15.8. The Morgan fingerprint density at radius 2 is 2.11 bits per heavy atom. The summed E-state index contributed by atoms with van der Waals surface area (Å²) in [5.41, 5.74) is 1.06. The van der Waals surface area contributed by atoms with E-state index in [9.17, 15) is 9.59 Å². The molecule has 3 N–H and O–H groups in total. The van der Waals surface area contributed by atoms with E-state index in [1.807, 2.05) is 10.3 Å². The van der Waals surface area contributed by atoms with E-state index in [1.165, 1.54) is 17.8 Å². The van der Waals surface area contributed by atoms with Gasteiger partial charge in [0.05, 0.1) is 10.3 Å². The molecule has 2 aromatic rings. The number of rotatable bonds is 3. The van der Waals surface area contributed by atoms with Gasteiger partial charge in [0.1, 0.15) is 5.69 Å². The number of pyridine rings is 1. The van der Waals surface area contributed by atoms with Gasteiger partial charge in [-0.2, -0.15) is 0 Å². The Morgan fingerprint density at radius 1 is 1.26 bits per heavy atom. The van der Waals surface area contributed by atoms with Gasteiger partial charge < -0.3 is 20.9 Å². The summed E-state index contributed by atoms with van der Waals surface area (Å²) in [6.07, 6.45) is 5.02. The zero-order valence-electron chi connectivity index (χ0n) is 15.0. The van der Waals surface area contributed by atoms with Gasteiger partial charge in [-0.3, -0.25) is 9.59 Å². The van der Waals surface area contributed by atoms with Crippen LogP contribution in [0, 0.1) is 0 Å². The third-order valence-electron chi connectivity index (χ3n) is 5.95. The van der Waals surface area contributed by atoms with Crippen molar-refractivity contribution in [1.29, 1.82) is 0 Å². The molecule has 3 atom stereocenters. The fourth-order valence-corrected chi connectivity index (χ4v) is 5.37. The molecule has 3 aliphatic rings. The van der Waals surface area contributed by atoms with Gasteiger partial charge in [-0.1, -0.05) is 0 Å². The molecule has 5 heterocycles. The summed E-state index contributed by atoms with van der Waals surface area (Å²) in [5, 5.41) is 12.6. The molecule has 0 aliphatic carbocycles. The number of thiophene rings is 1. The van der Waals surface area contributed by atoms with Crippen LogP contribution in [0.2, 0.25) is 0 Å². The lowest BCUT2D eigenvalue weighted by Gasteiger charge is -2.27. The summed E-state index contributed by atoms with van der Waals surface area (Å²) in [6.45, 7) is 3.07. The van der Waals surface area contributed by atoms with Crippen molar-refractivity contribution in [2.75, 3.05) is 26.2 Å². The number of piperazine rings is 1. The number of nitrogens with zero attached hydrogens (tertiary/aromatic N) is 2. The molecular weight excluding hydrogens is 362 g/mol. The van der Waals surface area contributed by atoms with E-state index >= 15 is 0 Å². The van der Waals surface area contributed by atoms with E-state index < -0.39 is 0 Å².